The number of thiazole rings is 1. The van der Waals surface area contributed by atoms with Gasteiger partial charge in [-0.3, -0.25) is 4.99 Å². The molecule has 7 heteroatoms. The van der Waals surface area contributed by atoms with E-state index in [2.05, 4.69) is 46.6 Å². The molecule has 0 aliphatic carbocycles. The van der Waals surface area contributed by atoms with Crippen molar-refractivity contribution >= 4 is 41.3 Å². The van der Waals surface area contributed by atoms with Gasteiger partial charge in [0.2, 0.25) is 0 Å². The molecule has 5 nitrogen and oxygen atoms in total. The molecule has 0 fully saturated rings. The van der Waals surface area contributed by atoms with Crippen molar-refractivity contribution in [2.45, 2.75) is 33.1 Å². The lowest BCUT2D eigenvalue weighted by Gasteiger charge is -2.11. The molecule has 1 aromatic carbocycles. The molecule has 0 aliphatic rings. The maximum atomic E-state index is 5.26. The van der Waals surface area contributed by atoms with Gasteiger partial charge in [0.15, 0.2) is 5.96 Å². The van der Waals surface area contributed by atoms with Crippen LogP contribution in [-0.4, -0.2) is 37.7 Å². The Kier molecular flexibility index (Phi) is 11.3. The van der Waals surface area contributed by atoms with Crippen molar-refractivity contribution < 1.29 is 4.74 Å². The van der Waals surface area contributed by atoms with Crippen LogP contribution in [0.3, 0.4) is 0 Å². The maximum Gasteiger partial charge on any atom is 0.191 e. The lowest BCUT2D eigenvalue weighted by atomic mass is 10.1. The highest BCUT2D eigenvalue weighted by Gasteiger charge is 2.02. The van der Waals surface area contributed by atoms with E-state index in [-0.39, 0.29) is 24.0 Å². The summed E-state index contributed by atoms with van der Waals surface area (Å²) in [6, 6.07) is 8.17. The van der Waals surface area contributed by atoms with Crippen LogP contribution in [0.1, 0.15) is 29.3 Å². The predicted molar refractivity (Wildman–Crippen MR) is 121 cm³/mol. The molecule has 0 aliphatic heterocycles. The van der Waals surface area contributed by atoms with Crippen LogP contribution in [0.2, 0.25) is 0 Å². The number of benzene rings is 1. The highest BCUT2D eigenvalue weighted by Crippen LogP contribution is 2.14. The van der Waals surface area contributed by atoms with Gasteiger partial charge in [-0.25, -0.2) is 4.98 Å². The number of aryl methyl sites for hydroxylation is 1. The van der Waals surface area contributed by atoms with Crippen LogP contribution in [0, 0.1) is 0 Å². The van der Waals surface area contributed by atoms with Gasteiger partial charge in [-0.05, 0) is 37.5 Å². The molecule has 2 rings (SSSR count). The molecule has 2 N–H and O–H groups in total. The van der Waals surface area contributed by atoms with Gasteiger partial charge in [0.05, 0.1) is 12.1 Å². The topological polar surface area (TPSA) is 58.5 Å². The first-order chi connectivity index (χ1) is 12.2. The minimum absolute atomic E-state index is 0. The monoisotopic (exact) mass is 488 g/mol. The van der Waals surface area contributed by atoms with Gasteiger partial charge >= 0.3 is 0 Å². The second kappa shape index (κ2) is 12.9. The number of guanidine groups is 1. The van der Waals surface area contributed by atoms with E-state index in [4.69, 9.17) is 4.74 Å². The van der Waals surface area contributed by atoms with Crippen LogP contribution in [-0.2, 0) is 19.3 Å². The number of hydrogen-bond donors (Lipinski definition) is 2. The number of hydrogen-bond acceptors (Lipinski definition) is 4. The zero-order valence-electron chi connectivity index (χ0n) is 15.7. The summed E-state index contributed by atoms with van der Waals surface area (Å²) in [5.74, 6) is 1.76. The quantitative estimate of drug-likeness (QED) is 0.321. The number of ether oxygens (including phenoxy) is 1. The normalized spacial score (nSPS) is 11.0. The van der Waals surface area contributed by atoms with Crippen LogP contribution in [0.4, 0.5) is 0 Å². The van der Waals surface area contributed by atoms with Gasteiger partial charge in [-0.15, -0.1) is 35.3 Å². The van der Waals surface area contributed by atoms with E-state index in [1.54, 1.807) is 18.4 Å². The Hall–Kier alpha value is -1.35. The first kappa shape index (κ1) is 22.7. The fraction of sp³-hybridized carbons (Fsp3) is 0.474. The van der Waals surface area contributed by atoms with Gasteiger partial charge in [0, 0.05) is 37.1 Å². The van der Waals surface area contributed by atoms with E-state index in [0.717, 1.165) is 55.6 Å². The summed E-state index contributed by atoms with van der Waals surface area (Å²) in [4.78, 5) is 10.4. The molecule has 0 atom stereocenters. The SMILES string of the molecule is CCNC(=NCCc1ncc(CC)s1)NCCc1cccc(OC)c1.I. The Morgan fingerprint density at radius 3 is 2.77 bits per heavy atom. The van der Waals surface area contributed by atoms with Crippen molar-refractivity contribution in [3.8, 4) is 5.75 Å². The molecule has 144 valence electrons. The smallest absolute Gasteiger partial charge is 0.191 e. The minimum Gasteiger partial charge on any atom is -0.497 e. The maximum absolute atomic E-state index is 5.26. The van der Waals surface area contributed by atoms with Gasteiger partial charge in [0.25, 0.3) is 0 Å². The average Bonchev–Trinajstić information content (AvgIpc) is 3.10. The first-order valence-electron chi connectivity index (χ1n) is 8.83. The number of nitrogens with one attached hydrogen (secondary N) is 2. The van der Waals surface area contributed by atoms with Gasteiger partial charge in [-0.1, -0.05) is 19.1 Å². The molecule has 1 heterocycles. The summed E-state index contributed by atoms with van der Waals surface area (Å²) in [5.41, 5.74) is 1.25. The number of halogens is 1. The van der Waals surface area contributed by atoms with Crippen LogP contribution in [0.15, 0.2) is 35.5 Å². The third-order valence-corrected chi connectivity index (χ3v) is 4.93. The van der Waals surface area contributed by atoms with Crippen LogP contribution >= 0.6 is 35.3 Å². The zero-order valence-corrected chi connectivity index (χ0v) is 18.9. The van der Waals surface area contributed by atoms with E-state index in [1.807, 2.05) is 18.3 Å². The average molecular weight is 488 g/mol. The van der Waals surface area contributed by atoms with E-state index >= 15 is 0 Å². The molecule has 0 saturated heterocycles. The van der Waals surface area contributed by atoms with Crippen molar-refractivity contribution in [1.29, 1.82) is 0 Å². The molecule has 0 unspecified atom stereocenters. The summed E-state index contributed by atoms with van der Waals surface area (Å²) < 4.78 is 5.26. The van der Waals surface area contributed by atoms with Crippen molar-refractivity contribution in [3.05, 3.63) is 45.9 Å². The fourth-order valence-electron chi connectivity index (χ4n) is 2.39. The third kappa shape index (κ3) is 7.90. The molecule has 26 heavy (non-hydrogen) atoms. The molecule has 1 aromatic heterocycles. The fourth-order valence-corrected chi connectivity index (χ4v) is 3.24. The summed E-state index contributed by atoms with van der Waals surface area (Å²) in [6.07, 6.45) is 4.84. The summed E-state index contributed by atoms with van der Waals surface area (Å²) in [5, 5.41) is 7.84. The lowest BCUT2D eigenvalue weighted by Crippen LogP contribution is -2.38. The number of aromatic nitrogens is 1. The second-order valence-corrected chi connectivity index (χ2v) is 6.81. The van der Waals surface area contributed by atoms with Gasteiger partial charge in [0.1, 0.15) is 5.75 Å². The van der Waals surface area contributed by atoms with Gasteiger partial charge in [-0.2, -0.15) is 0 Å². The largest absolute Gasteiger partial charge is 0.497 e. The number of nitrogens with zero attached hydrogens (tertiary/aromatic N) is 2. The zero-order chi connectivity index (χ0) is 17.9. The van der Waals surface area contributed by atoms with E-state index in [9.17, 15) is 0 Å². The Morgan fingerprint density at radius 1 is 1.23 bits per heavy atom. The predicted octanol–water partition coefficient (Wildman–Crippen LogP) is 3.67. The third-order valence-electron chi connectivity index (χ3n) is 3.73. The Bertz CT molecular complexity index is 675. The summed E-state index contributed by atoms with van der Waals surface area (Å²) >= 11 is 1.78. The van der Waals surface area contributed by atoms with E-state index in [1.165, 1.54) is 10.4 Å². The van der Waals surface area contributed by atoms with Crippen LogP contribution in [0.5, 0.6) is 5.75 Å². The molecule has 2 aromatic rings. The Labute approximate surface area is 177 Å². The van der Waals surface area contributed by atoms with Crippen molar-refractivity contribution in [1.82, 2.24) is 15.6 Å². The standard InChI is InChI=1S/C19H28N4OS.HI/c1-4-17-14-23-18(25-17)10-12-22-19(20-5-2)21-11-9-15-7-6-8-16(13-15)24-3;/h6-8,13-14H,4-5,9-12H2,1-3H3,(H2,20,21,22);1H. The molecule has 0 amide bonds. The first-order valence-corrected chi connectivity index (χ1v) is 9.65. The van der Waals surface area contributed by atoms with Gasteiger partial charge < -0.3 is 15.4 Å². The van der Waals surface area contributed by atoms with Crippen molar-refractivity contribution in [2.24, 2.45) is 4.99 Å². The molecule has 0 bridgehead atoms. The summed E-state index contributed by atoms with van der Waals surface area (Å²) in [7, 11) is 1.69. The van der Waals surface area contributed by atoms with Crippen LogP contribution in [0.25, 0.3) is 0 Å². The lowest BCUT2D eigenvalue weighted by molar-refractivity contribution is 0.414. The van der Waals surface area contributed by atoms with Crippen LogP contribution < -0.4 is 15.4 Å². The molecular formula is C19H29IN4OS. The van der Waals surface area contributed by atoms with Crippen molar-refractivity contribution in [3.63, 3.8) is 0 Å². The summed E-state index contributed by atoms with van der Waals surface area (Å²) in [6.45, 7) is 6.65. The highest BCUT2D eigenvalue weighted by atomic mass is 127. The Balaban J connectivity index is 0.00000338. The number of methoxy groups -OCH3 is 1. The van der Waals surface area contributed by atoms with Crippen molar-refractivity contribution in [2.75, 3.05) is 26.7 Å². The molecule has 0 spiro atoms. The molecular weight excluding hydrogens is 459 g/mol. The Morgan fingerprint density at radius 2 is 2.08 bits per heavy atom. The number of aliphatic imine (C=N–C) groups is 1. The van der Waals surface area contributed by atoms with E-state index < -0.39 is 0 Å². The number of rotatable bonds is 9. The highest BCUT2D eigenvalue weighted by molar-refractivity contribution is 14.0. The minimum atomic E-state index is 0. The molecule has 0 saturated carbocycles. The second-order valence-electron chi connectivity index (χ2n) is 5.61. The van der Waals surface area contributed by atoms with E-state index in [0.29, 0.717) is 0 Å². The molecule has 0 radical (unpaired) electrons.